The number of carbonyl (C=O) groups excluding carboxylic acids is 1. The van der Waals surface area contributed by atoms with Crippen molar-refractivity contribution in [2.24, 2.45) is 11.8 Å². The Morgan fingerprint density at radius 3 is 2.31 bits per heavy atom. The average molecular weight is 499 g/mol. The topological polar surface area (TPSA) is 98.7 Å². The number of fused-ring (bicyclic) bond motifs is 3. The summed E-state index contributed by atoms with van der Waals surface area (Å²) in [5, 5.41) is 14.0. The maximum absolute atomic E-state index is 13.2. The number of phenols is 1. The molecule has 0 amide bonds. The van der Waals surface area contributed by atoms with Crippen molar-refractivity contribution in [2.45, 2.75) is 18.3 Å². The summed E-state index contributed by atoms with van der Waals surface area (Å²) in [5.74, 6) is 1.16. The fourth-order valence-corrected chi connectivity index (χ4v) is 5.83. The van der Waals surface area contributed by atoms with Gasteiger partial charge in [0, 0.05) is 24.9 Å². The number of nitrogens with one attached hydrogen (secondary N) is 1. The third kappa shape index (κ3) is 4.30. The quantitative estimate of drug-likeness (QED) is 0.399. The highest BCUT2D eigenvalue weighted by molar-refractivity contribution is 5.79. The number of cyclic esters (lactones) is 1. The van der Waals surface area contributed by atoms with Crippen LogP contribution in [0.25, 0.3) is 0 Å². The minimum absolute atomic E-state index is 0.0109. The third-order valence-electron chi connectivity index (χ3n) is 7.57. The largest absolute Gasteiger partial charge is 0.502 e. The van der Waals surface area contributed by atoms with Gasteiger partial charge in [0.1, 0.15) is 0 Å². The highest BCUT2D eigenvalue weighted by atomic mass is 16.7. The van der Waals surface area contributed by atoms with Crippen molar-refractivity contribution in [1.29, 1.82) is 0 Å². The molecule has 9 nitrogen and oxygen atoms in total. The van der Waals surface area contributed by atoms with Crippen LogP contribution in [0.5, 0.6) is 28.7 Å². The van der Waals surface area contributed by atoms with Crippen molar-refractivity contribution in [3.05, 3.63) is 41.0 Å². The molecule has 0 spiro atoms. The molecule has 2 heterocycles. The van der Waals surface area contributed by atoms with Gasteiger partial charge in [-0.25, -0.2) is 0 Å². The maximum Gasteiger partial charge on any atom is 0.310 e. The Labute approximate surface area is 211 Å². The van der Waals surface area contributed by atoms with Gasteiger partial charge in [-0.15, -0.1) is 0 Å². The molecule has 194 valence electrons. The van der Waals surface area contributed by atoms with E-state index in [4.69, 9.17) is 23.7 Å². The number of carbonyl (C=O) groups is 1. The molecule has 2 aromatic rings. The van der Waals surface area contributed by atoms with Gasteiger partial charge in [0.05, 0.1) is 26.7 Å². The zero-order valence-electron chi connectivity index (χ0n) is 21.2. The lowest BCUT2D eigenvalue weighted by molar-refractivity contribution is -0.141. The first-order chi connectivity index (χ1) is 17.4. The molecule has 2 aliphatic heterocycles. The predicted molar refractivity (Wildman–Crippen MR) is 132 cm³/mol. The Hall–Kier alpha value is -3.17. The molecular weight excluding hydrogens is 464 g/mol. The summed E-state index contributed by atoms with van der Waals surface area (Å²) in [5.41, 5.74) is 2.97. The smallest absolute Gasteiger partial charge is 0.310 e. The Bertz CT molecular complexity index is 1110. The maximum atomic E-state index is 13.2. The molecule has 2 aromatic carbocycles. The summed E-state index contributed by atoms with van der Waals surface area (Å²) < 4.78 is 28.0. The van der Waals surface area contributed by atoms with Crippen LogP contribution in [0.2, 0.25) is 0 Å². The summed E-state index contributed by atoms with van der Waals surface area (Å²) in [6.45, 7) is 3.24. The van der Waals surface area contributed by atoms with Gasteiger partial charge in [-0.2, -0.15) is 0 Å². The summed E-state index contributed by atoms with van der Waals surface area (Å²) >= 11 is 0. The van der Waals surface area contributed by atoms with Gasteiger partial charge in [-0.1, -0.05) is 0 Å². The van der Waals surface area contributed by atoms with Crippen LogP contribution in [0.15, 0.2) is 24.3 Å². The lowest BCUT2D eigenvalue weighted by Gasteiger charge is -2.39. The van der Waals surface area contributed by atoms with Crippen molar-refractivity contribution in [1.82, 2.24) is 10.2 Å². The second-order valence-electron chi connectivity index (χ2n) is 9.85. The van der Waals surface area contributed by atoms with E-state index in [2.05, 4.69) is 30.4 Å². The van der Waals surface area contributed by atoms with Crippen molar-refractivity contribution in [2.75, 3.05) is 61.3 Å². The number of hydrogen-bond donors (Lipinski definition) is 2. The van der Waals surface area contributed by atoms with E-state index >= 15 is 0 Å². The Kier molecular flexibility index (Phi) is 6.85. The zero-order valence-corrected chi connectivity index (χ0v) is 21.2. The Morgan fingerprint density at radius 1 is 1.00 bits per heavy atom. The fraction of sp³-hybridized carbons (Fsp3) is 0.519. The second-order valence-corrected chi connectivity index (χ2v) is 9.85. The fourth-order valence-electron chi connectivity index (χ4n) is 5.83. The number of phenolic OH excluding ortho intramolecular Hbond substituents is 1. The molecule has 1 saturated heterocycles. The molecule has 1 aliphatic carbocycles. The Balaban J connectivity index is 1.58. The van der Waals surface area contributed by atoms with Gasteiger partial charge < -0.3 is 39.0 Å². The summed E-state index contributed by atoms with van der Waals surface area (Å²) in [7, 11) is 7.11. The van der Waals surface area contributed by atoms with Crippen molar-refractivity contribution in [3.63, 3.8) is 0 Å². The molecule has 0 bridgehead atoms. The van der Waals surface area contributed by atoms with Crippen molar-refractivity contribution >= 4 is 5.97 Å². The van der Waals surface area contributed by atoms with E-state index in [1.54, 1.807) is 12.1 Å². The number of nitrogens with zero attached hydrogens (tertiary/aromatic N) is 1. The number of likely N-dealkylation sites (N-methyl/N-ethyl adjacent to an activating group) is 1. The van der Waals surface area contributed by atoms with Crippen LogP contribution in [0.3, 0.4) is 0 Å². The Morgan fingerprint density at radius 2 is 1.67 bits per heavy atom. The standard InChI is InChI=1S/C27H34N2O7/c1-29(2)8-7-28-6-5-16-17-11-20-21(36-14-35-20)12-18(17)24(25-19(16)13-34-27(25)31)15-9-22(32-3)26(30)23(10-15)33-4/h9-12,16,19,24-25,28,30H,5-8,13-14H2,1-4H3/t16-,19-,24-,25+/m1/s1. The summed E-state index contributed by atoms with van der Waals surface area (Å²) in [6, 6.07) is 7.64. The highest BCUT2D eigenvalue weighted by Gasteiger charge is 2.52. The molecule has 0 aromatic heterocycles. The lowest BCUT2D eigenvalue weighted by atomic mass is 9.62. The highest BCUT2D eigenvalue weighted by Crippen LogP contribution is 2.56. The van der Waals surface area contributed by atoms with Crippen LogP contribution in [0, 0.1) is 11.8 Å². The normalized spacial score (nSPS) is 23.9. The number of esters is 1. The molecule has 1 fully saturated rings. The van der Waals surface area contributed by atoms with E-state index in [-0.39, 0.29) is 42.2 Å². The minimum atomic E-state index is -0.372. The van der Waals surface area contributed by atoms with Crippen LogP contribution < -0.4 is 24.3 Å². The second kappa shape index (κ2) is 10.1. The first-order valence-corrected chi connectivity index (χ1v) is 12.3. The number of rotatable bonds is 9. The number of benzene rings is 2. The lowest BCUT2D eigenvalue weighted by Crippen LogP contribution is -2.36. The molecule has 36 heavy (non-hydrogen) atoms. The first-order valence-electron chi connectivity index (χ1n) is 12.3. The van der Waals surface area contributed by atoms with Gasteiger partial charge in [0.15, 0.2) is 23.0 Å². The predicted octanol–water partition coefficient (Wildman–Crippen LogP) is 2.70. The molecule has 4 atom stereocenters. The molecular formula is C27H34N2O7. The van der Waals surface area contributed by atoms with E-state index in [1.165, 1.54) is 14.2 Å². The summed E-state index contributed by atoms with van der Waals surface area (Å²) in [6.07, 6.45) is 0.868. The van der Waals surface area contributed by atoms with Gasteiger partial charge in [0.2, 0.25) is 12.5 Å². The molecule has 3 aliphatic rings. The molecule has 0 radical (unpaired) electrons. The van der Waals surface area contributed by atoms with Crippen LogP contribution in [-0.4, -0.2) is 77.3 Å². The zero-order chi connectivity index (χ0) is 25.4. The first kappa shape index (κ1) is 24.5. The monoisotopic (exact) mass is 498 g/mol. The summed E-state index contributed by atoms with van der Waals surface area (Å²) in [4.78, 5) is 15.3. The van der Waals surface area contributed by atoms with Gasteiger partial charge in [-0.3, -0.25) is 4.79 Å². The number of hydrogen-bond acceptors (Lipinski definition) is 9. The number of ether oxygens (including phenoxy) is 5. The molecule has 0 saturated carbocycles. The average Bonchev–Trinajstić information content (AvgIpc) is 3.48. The SMILES string of the molecule is COc1cc([C@@H]2c3cc4c(cc3[C@@H](CCNCCN(C)C)[C@H]3COC(=O)[C@H]23)OCO4)cc(OC)c1O. The minimum Gasteiger partial charge on any atom is -0.502 e. The van der Waals surface area contributed by atoms with Crippen molar-refractivity contribution in [3.8, 4) is 28.7 Å². The van der Waals surface area contributed by atoms with Crippen LogP contribution in [0.1, 0.15) is 34.9 Å². The van der Waals surface area contributed by atoms with E-state index in [9.17, 15) is 9.90 Å². The molecule has 9 heteroatoms. The van der Waals surface area contributed by atoms with E-state index in [0.29, 0.717) is 23.9 Å². The molecule has 2 N–H and O–H groups in total. The van der Waals surface area contributed by atoms with Gasteiger partial charge >= 0.3 is 5.97 Å². The number of methoxy groups -OCH3 is 2. The number of aromatic hydroxyl groups is 1. The molecule has 5 rings (SSSR count). The third-order valence-corrected chi connectivity index (χ3v) is 7.57. The van der Waals surface area contributed by atoms with Crippen LogP contribution >= 0.6 is 0 Å². The van der Waals surface area contributed by atoms with Crippen LogP contribution in [0.4, 0.5) is 0 Å². The van der Waals surface area contributed by atoms with Gasteiger partial charge in [-0.05, 0) is 73.9 Å². The molecule has 0 unspecified atom stereocenters. The van der Waals surface area contributed by atoms with E-state index < -0.39 is 0 Å². The van der Waals surface area contributed by atoms with Crippen molar-refractivity contribution < 1.29 is 33.6 Å². The van der Waals surface area contributed by atoms with E-state index in [0.717, 1.165) is 48.5 Å². The van der Waals surface area contributed by atoms with Crippen LogP contribution in [-0.2, 0) is 9.53 Å². The van der Waals surface area contributed by atoms with Gasteiger partial charge in [0.25, 0.3) is 0 Å². The van der Waals surface area contributed by atoms with E-state index in [1.807, 2.05) is 6.07 Å².